The van der Waals surface area contributed by atoms with Gasteiger partial charge in [-0.1, -0.05) is 19.1 Å². The van der Waals surface area contributed by atoms with E-state index in [9.17, 15) is 32.3 Å². The SMILES string of the molecule is CCN1CC=C(c2ccc3nc(-c4ccc5nc(C)oc5c4)cc(=O)n3c2)CC1.Cc1nc2c(F)cc(-c3cc(=O)n4cc(N5CCN(C)[C@@H](C)C5)ccc4n3)cc2o1.Cc1nc2c(F)cc(-c3cc(=O)n4cc(N5CCNCC5)ccc4n3)cc2o1.Cc1nc2c(F)cc(-c3cc(=O)n4cc(N5CCN[C@@H](C)C5)ccc4n3)cc2o1. The molecule has 4 aliphatic rings. The third-order valence-corrected chi connectivity index (χ3v) is 21.6. The number of aryl methyl sites for hydroxylation is 4. The topological polar surface area (TPSA) is 282 Å². The molecule has 590 valence electrons. The number of halogens is 3. The van der Waals surface area contributed by atoms with E-state index in [0.717, 1.165) is 125 Å². The first-order valence-corrected chi connectivity index (χ1v) is 38.6. The second-order valence-electron chi connectivity index (χ2n) is 29.6. The minimum Gasteiger partial charge on any atom is -0.441 e. The standard InChI is InChI=1S/C23H22N4O2.C22H22FN5O2.C21H20FN5O2.C20H18FN5O2/c1-3-26-10-8-16(9-11-26)18-5-7-22-25-20(13-23(28)27(22)14-18)17-4-6-19-21(12-17)29-15(2)24-19;1-13-11-27(7-6-26(13)3)16-4-5-20-25-18(10-21(29)28(20)12-16)15-8-17(23)22-19(9-15)30-14(2)24-22;1-12-10-26(6-5-23-12)15-3-4-19-25-17(9-20(28)27(19)11-15)14-7-16(22)21-18(8-14)29-13(2)24-21;1-12-23-20-15(21)8-13(9-17(20)28-12)16-10-19(27)26-11-14(2-3-18(26)24-16)25-6-4-22-5-7-25/h4-8,12-14H,3,9-11H2,1-2H3;4-5,8-10,12-13H,6-7,11H2,1-3H3;3-4,7-9,11-12,23H,5-6,10H2,1-2H3;2-3,8-11,22H,4-7H2,1H3/t;13-;12-;/m.00./s1. The molecule has 0 unspecified atom stereocenters. The molecular formula is C86H82F3N19O8. The Labute approximate surface area is 660 Å². The van der Waals surface area contributed by atoms with Crippen LogP contribution in [0, 0.1) is 45.1 Å². The molecule has 27 nitrogen and oxygen atoms in total. The van der Waals surface area contributed by atoms with Gasteiger partial charge in [0.2, 0.25) is 0 Å². The lowest BCUT2D eigenvalue weighted by atomic mass is 10.0. The van der Waals surface area contributed by atoms with E-state index in [1.54, 1.807) is 49.4 Å². The van der Waals surface area contributed by atoms with Crippen molar-refractivity contribution in [2.45, 2.75) is 67.0 Å². The normalized spacial score (nSPS) is 16.3. The zero-order chi connectivity index (χ0) is 80.3. The highest BCUT2D eigenvalue weighted by Crippen LogP contribution is 2.33. The van der Waals surface area contributed by atoms with Gasteiger partial charge in [-0.25, -0.2) is 53.0 Å². The van der Waals surface area contributed by atoms with Crippen molar-refractivity contribution in [3.63, 3.8) is 0 Å². The van der Waals surface area contributed by atoms with Gasteiger partial charge in [-0.05, 0) is 142 Å². The number of anilines is 3. The molecule has 0 radical (unpaired) electrons. The fourth-order valence-corrected chi connectivity index (χ4v) is 15.3. The highest BCUT2D eigenvalue weighted by Gasteiger charge is 2.25. The maximum Gasteiger partial charge on any atom is 0.258 e. The zero-order valence-corrected chi connectivity index (χ0v) is 65.1. The van der Waals surface area contributed by atoms with E-state index in [4.69, 9.17) is 22.7 Å². The number of oxazole rings is 4. The number of nitrogens with one attached hydrogen (secondary N) is 2. The van der Waals surface area contributed by atoms with Gasteiger partial charge < -0.3 is 47.9 Å². The smallest absolute Gasteiger partial charge is 0.258 e. The molecule has 30 heteroatoms. The lowest BCUT2D eigenvalue weighted by molar-refractivity contribution is 0.234. The van der Waals surface area contributed by atoms with Crippen molar-refractivity contribution in [1.29, 1.82) is 0 Å². The molecule has 16 aromatic rings. The minimum atomic E-state index is -0.500. The van der Waals surface area contributed by atoms with Gasteiger partial charge in [0, 0.05) is 190 Å². The van der Waals surface area contributed by atoms with Crippen molar-refractivity contribution in [1.82, 2.24) is 77.9 Å². The summed E-state index contributed by atoms with van der Waals surface area (Å²) in [6, 6.07) is 36.7. The molecule has 16 heterocycles. The Morgan fingerprint density at radius 1 is 0.422 bits per heavy atom. The first kappa shape index (κ1) is 75.6. The van der Waals surface area contributed by atoms with Crippen LogP contribution in [0.1, 0.15) is 56.3 Å². The average Bonchev–Trinajstić information content (AvgIpc) is 1.35. The molecule has 20 rings (SSSR count). The molecule has 4 aromatic carbocycles. The van der Waals surface area contributed by atoms with Crippen LogP contribution in [0.5, 0.6) is 0 Å². The molecule has 0 bridgehead atoms. The molecule has 3 saturated heterocycles. The summed E-state index contributed by atoms with van der Waals surface area (Å²) in [4.78, 5) is 97.5. The van der Waals surface area contributed by atoms with E-state index in [1.807, 2.05) is 92.4 Å². The molecule has 2 N–H and O–H groups in total. The largest absolute Gasteiger partial charge is 0.441 e. The van der Waals surface area contributed by atoms with Crippen molar-refractivity contribution in [3.05, 3.63) is 246 Å². The van der Waals surface area contributed by atoms with Gasteiger partial charge in [-0.3, -0.25) is 41.7 Å². The monoisotopic (exact) mass is 1570 g/mol. The van der Waals surface area contributed by atoms with Crippen LogP contribution in [0.2, 0.25) is 0 Å². The fourth-order valence-electron chi connectivity index (χ4n) is 15.3. The maximum absolute atomic E-state index is 14.4. The van der Waals surface area contributed by atoms with Gasteiger partial charge in [0.05, 0.1) is 39.8 Å². The van der Waals surface area contributed by atoms with Crippen LogP contribution in [0.15, 0.2) is 195 Å². The van der Waals surface area contributed by atoms with Gasteiger partial charge in [-0.15, -0.1) is 0 Å². The summed E-state index contributed by atoms with van der Waals surface area (Å²) in [5.41, 5.74) is 13.9. The second-order valence-corrected chi connectivity index (χ2v) is 29.6. The van der Waals surface area contributed by atoms with Gasteiger partial charge in [0.25, 0.3) is 22.2 Å². The number of fused-ring (bicyclic) bond motifs is 8. The first-order chi connectivity index (χ1) is 56.0. The Morgan fingerprint density at radius 2 is 0.836 bits per heavy atom. The van der Waals surface area contributed by atoms with Crippen molar-refractivity contribution < 1.29 is 30.8 Å². The molecular weight excluding hydrogens is 1480 g/mol. The van der Waals surface area contributed by atoms with Crippen molar-refractivity contribution in [3.8, 4) is 45.0 Å². The number of hydrogen-bond acceptors (Lipinski definition) is 23. The maximum atomic E-state index is 14.4. The summed E-state index contributed by atoms with van der Waals surface area (Å²) in [5.74, 6) is 0.282. The van der Waals surface area contributed by atoms with E-state index in [0.29, 0.717) is 120 Å². The summed E-state index contributed by atoms with van der Waals surface area (Å²) in [6.45, 7) is 25.4. The summed E-state index contributed by atoms with van der Waals surface area (Å²) in [5, 5.41) is 6.72. The molecule has 0 saturated carbocycles. The van der Waals surface area contributed by atoms with E-state index in [2.05, 4.69) is 110 Å². The molecule has 116 heavy (non-hydrogen) atoms. The second kappa shape index (κ2) is 31.4. The Kier molecular flexibility index (Phi) is 20.5. The first-order valence-electron chi connectivity index (χ1n) is 38.6. The van der Waals surface area contributed by atoms with Gasteiger partial charge in [0.15, 0.2) is 63.3 Å². The predicted octanol–water partition coefficient (Wildman–Crippen LogP) is 12.1. The van der Waals surface area contributed by atoms with E-state index < -0.39 is 17.5 Å². The molecule has 0 aliphatic carbocycles. The average molecular weight is 1570 g/mol. The molecule has 4 aliphatic heterocycles. The minimum absolute atomic E-state index is 0.0905. The number of piperazine rings is 3. The third-order valence-electron chi connectivity index (χ3n) is 21.6. The number of pyridine rings is 4. The van der Waals surface area contributed by atoms with Crippen LogP contribution < -0.4 is 47.6 Å². The molecule has 12 aromatic heterocycles. The number of hydrogen-bond donors (Lipinski definition) is 2. The van der Waals surface area contributed by atoms with E-state index in [1.165, 1.54) is 55.2 Å². The van der Waals surface area contributed by atoms with Crippen LogP contribution in [0.3, 0.4) is 0 Å². The van der Waals surface area contributed by atoms with Crippen molar-refractivity contribution in [2.24, 2.45) is 0 Å². The Hall–Kier alpha value is -13.0. The number of aromatic nitrogens is 12. The summed E-state index contributed by atoms with van der Waals surface area (Å²) < 4.78 is 71.4. The number of likely N-dealkylation sites (N-methyl/N-ethyl adjacent to an activating group) is 2. The summed E-state index contributed by atoms with van der Waals surface area (Å²) in [6.07, 6.45) is 10.6. The predicted molar refractivity (Wildman–Crippen MR) is 440 cm³/mol. The summed E-state index contributed by atoms with van der Waals surface area (Å²) in [7, 11) is 2.12. The third kappa shape index (κ3) is 15.5. The molecule has 3 fully saturated rings. The number of nitrogens with zero attached hydrogens (tertiary/aromatic N) is 17. The van der Waals surface area contributed by atoms with Crippen molar-refractivity contribution in [2.75, 3.05) is 107 Å². The Morgan fingerprint density at radius 3 is 1.29 bits per heavy atom. The fraction of sp³-hybridized carbons (Fsp3) is 0.279. The zero-order valence-electron chi connectivity index (χ0n) is 65.1. The quantitative estimate of drug-likeness (QED) is 0.136. The lowest BCUT2D eigenvalue weighted by Gasteiger charge is -2.39. The van der Waals surface area contributed by atoms with Crippen LogP contribution >= 0.6 is 0 Å². The Bertz CT molecular complexity index is 6820. The number of benzene rings is 4. The molecule has 2 atom stereocenters. The highest BCUT2D eigenvalue weighted by molar-refractivity contribution is 5.84. The van der Waals surface area contributed by atoms with Crippen LogP contribution in [-0.2, 0) is 0 Å². The Balaban J connectivity index is 0.000000111. The summed E-state index contributed by atoms with van der Waals surface area (Å²) >= 11 is 0. The van der Waals surface area contributed by atoms with E-state index >= 15 is 0 Å². The van der Waals surface area contributed by atoms with Gasteiger partial charge >= 0.3 is 0 Å². The van der Waals surface area contributed by atoms with E-state index in [-0.39, 0.29) is 38.8 Å². The number of rotatable bonds is 9. The van der Waals surface area contributed by atoms with Crippen LogP contribution in [0.25, 0.3) is 118 Å². The lowest BCUT2D eigenvalue weighted by Crippen LogP contribution is -2.50. The van der Waals surface area contributed by atoms with Crippen LogP contribution in [0.4, 0.5) is 30.2 Å². The van der Waals surface area contributed by atoms with Crippen LogP contribution in [-0.4, -0.2) is 171 Å². The van der Waals surface area contributed by atoms with Crippen molar-refractivity contribution >= 4 is 89.6 Å². The molecule has 0 spiro atoms. The highest BCUT2D eigenvalue weighted by atomic mass is 19.1. The van der Waals surface area contributed by atoms with Gasteiger partial charge in [-0.2, -0.15) is 0 Å². The molecule has 0 amide bonds. The van der Waals surface area contributed by atoms with Gasteiger partial charge in [0.1, 0.15) is 44.7 Å².